The molecule has 0 amide bonds. The summed E-state index contributed by atoms with van der Waals surface area (Å²) in [7, 11) is 0. The minimum absolute atomic E-state index is 0.140. The maximum atomic E-state index is 10.5. The Bertz CT molecular complexity index is 132. The first kappa shape index (κ1) is 8.41. The van der Waals surface area contributed by atoms with Gasteiger partial charge in [-0.15, -0.1) is 0 Å². The summed E-state index contributed by atoms with van der Waals surface area (Å²) in [6.45, 7) is 7.71. The molecule has 1 nitrogen and oxygen atoms in total. The van der Waals surface area contributed by atoms with Crippen LogP contribution in [0, 0.1) is 5.92 Å². The van der Waals surface area contributed by atoms with Crippen molar-refractivity contribution in [2.24, 2.45) is 5.92 Å². The molecule has 0 fully saturated rings. The van der Waals surface area contributed by atoms with E-state index in [1.807, 2.05) is 6.92 Å². The zero-order valence-corrected chi connectivity index (χ0v) is 6.56. The molecule has 0 atom stereocenters. The number of hydrogen-bond acceptors (Lipinski definition) is 1. The first-order valence-corrected chi connectivity index (χ1v) is 3.22. The molecule has 0 unspecified atom stereocenters. The first-order chi connectivity index (χ1) is 4.04. The number of ketones is 1. The first-order valence-electron chi connectivity index (χ1n) is 3.22. The summed E-state index contributed by atoms with van der Waals surface area (Å²) in [6.07, 6.45) is 1.69. The largest absolute Gasteiger partial charge is 0.295 e. The standard InChI is InChI=1S/C8H14O/c1-6(2)7(3)5-8(4)9/h5-6H,1-4H3/b7-5-. The summed E-state index contributed by atoms with van der Waals surface area (Å²) >= 11 is 0. The zero-order valence-electron chi connectivity index (χ0n) is 6.56. The Morgan fingerprint density at radius 2 is 1.78 bits per heavy atom. The molecule has 9 heavy (non-hydrogen) atoms. The van der Waals surface area contributed by atoms with Crippen molar-refractivity contribution < 1.29 is 4.79 Å². The van der Waals surface area contributed by atoms with Crippen LogP contribution in [0.25, 0.3) is 0 Å². The third kappa shape index (κ3) is 3.95. The molecule has 0 bridgehead atoms. The summed E-state index contributed by atoms with van der Waals surface area (Å²) in [5.41, 5.74) is 1.16. The minimum atomic E-state index is 0.140. The maximum Gasteiger partial charge on any atom is 0.152 e. The van der Waals surface area contributed by atoms with Gasteiger partial charge in [0, 0.05) is 0 Å². The molecule has 1 heteroatoms. The Labute approximate surface area is 56.8 Å². The Hall–Kier alpha value is -0.590. The molecule has 0 rings (SSSR count). The zero-order chi connectivity index (χ0) is 7.44. The van der Waals surface area contributed by atoms with E-state index in [0.29, 0.717) is 5.92 Å². The van der Waals surface area contributed by atoms with Gasteiger partial charge in [0.05, 0.1) is 0 Å². The molecule has 0 N–H and O–H groups in total. The average molecular weight is 126 g/mol. The van der Waals surface area contributed by atoms with Crippen molar-refractivity contribution in [1.82, 2.24) is 0 Å². The lowest BCUT2D eigenvalue weighted by Crippen LogP contribution is -1.92. The predicted octanol–water partition coefficient (Wildman–Crippen LogP) is 2.18. The van der Waals surface area contributed by atoms with Gasteiger partial charge in [-0.05, 0) is 25.8 Å². The quantitative estimate of drug-likeness (QED) is 0.518. The van der Waals surface area contributed by atoms with Crippen molar-refractivity contribution in [2.75, 3.05) is 0 Å². The average Bonchev–Trinajstić information content (AvgIpc) is 1.63. The van der Waals surface area contributed by atoms with Crippen LogP contribution >= 0.6 is 0 Å². The SMILES string of the molecule is CC(=O)/C=C(/C)C(C)C. The van der Waals surface area contributed by atoms with Crippen LogP contribution < -0.4 is 0 Å². The molecule has 0 saturated carbocycles. The molecule has 0 aliphatic rings. The monoisotopic (exact) mass is 126 g/mol. The molecule has 0 aromatic rings. The summed E-state index contributed by atoms with van der Waals surface area (Å²) < 4.78 is 0. The van der Waals surface area contributed by atoms with Crippen LogP contribution in [-0.4, -0.2) is 5.78 Å². The van der Waals surface area contributed by atoms with E-state index in [1.54, 1.807) is 13.0 Å². The number of hydrogen-bond donors (Lipinski definition) is 0. The fourth-order valence-electron chi connectivity index (χ4n) is 0.487. The van der Waals surface area contributed by atoms with Gasteiger partial charge in [-0.3, -0.25) is 4.79 Å². The van der Waals surface area contributed by atoms with Gasteiger partial charge in [0.1, 0.15) is 0 Å². The summed E-state index contributed by atoms with van der Waals surface area (Å²) in [5.74, 6) is 0.634. The summed E-state index contributed by atoms with van der Waals surface area (Å²) in [4.78, 5) is 10.5. The highest BCUT2D eigenvalue weighted by Gasteiger charge is 1.95. The highest BCUT2D eigenvalue weighted by atomic mass is 16.1. The Kier molecular flexibility index (Phi) is 3.21. The molecule has 0 saturated heterocycles. The van der Waals surface area contributed by atoms with Crippen molar-refractivity contribution >= 4 is 5.78 Å². The van der Waals surface area contributed by atoms with E-state index < -0.39 is 0 Å². The minimum Gasteiger partial charge on any atom is -0.295 e. The maximum absolute atomic E-state index is 10.5. The lowest BCUT2D eigenvalue weighted by Gasteiger charge is -2.01. The highest BCUT2D eigenvalue weighted by Crippen LogP contribution is 2.06. The molecule has 0 aromatic heterocycles. The van der Waals surface area contributed by atoms with E-state index >= 15 is 0 Å². The highest BCUT2D eigenvalue weighted by molar-refractivity contribution is 5.87. The van der Waals surface area contributed by atoms with Crippen LogP contribution in [0.3, 0.4) is 0 Å². The second-order valence-electron chi connectivity index (χ2n) is 2.65. The predicted molar refractivity (Wildman–Crippen MR) is 39.3 cm³/mol. The van der Waals surface area contributed by atoms with E-state index in [0.717, 1.165) is 5.57 Å². The van der Waals surface area contributed by atoms with E-state index in [2.05, 4.69) is 13.8 Å². The van der Waals surface area contributed by atoms with Crippen molar-refractivity contribution in [2.45, 2.75) is 27.7 Å². The second kappa shape index (κ2) is 3.44. The molecule has 0 aliphatic carbocycles. The topological polar surface area (TPSA) is 17.1 Å². The Balaban J connectivity index is 4.00. The normalized spacial score (nSPS) is 12.3. The van der Waals surface area contributed by atoms with Gasteiger partial charge in [0.15, 0.2) is 5.78 Å². The van der Waals surface area contributed by atoms with Crippen LogP contribution in [0.2, 0.25) is 0 Å². The fraction of sp³-hybridized carbons (Fsp3) is 0.625. The molecular weight excluding hydrogens is 112 g/mol. The van der Waals surface area contributed by atoms with Crippen LogP contribution in [0.5, 0.6) is 0 Å². The van der Waals surface area contributed by atoms with Crippen molar-refractivity contribution in [3.63, 3.8) is 0 Å². The van der Waals surface area contributed by atoms with Crippen LogP contribution in [0.4, 0.5) is 0 Å². The Morgan fingerprint density at radius 1 is 1.33 bits per heavy atom. The van der Waals surface area contributed by atoms with Gasteiger partial charge < -0.3 is 0 Å². The van der Waals surface area contributed by atoms with E-state index in [-0.39, 0.29) is 5.78 Å². The van der Waals surface area contributed by atoms with Crippen LogP contribution in [0.15, 0.2) is 11.6 Å². The molecule has 0 aromatic carbocycles. The smallest absolute Gasteiger partial charge is 0.152 e. The van der Waals surface area contributed by atoms with E-state index in [1.165, 1.54) is 0 Å². The number of carbonyl (C=O) groups excluding carboxylic acids is 1. The molecule has 0 radical (unpaired) electrons. The summed E-state index contributed by atoms with van der Waals surface area (Å²) in [5, 5.41) is 0. The van der Waals surface area contributed by atoms with E-state index in [9.17, 15) is 4.79 Å². The van der Waals surface area contributed by atoms with Crippen molar-refractivity contribution in [3.05, 3.63) is 11.6 Å². The van der Waals surface area contributed by atoms with Gasteiger partial charge in [0.2, 0.25) is 0 Å². The number of carbonyl (C=O) groups is 1. The van der Waals surface area contributed by atoms with E-state index in [4.69, 9.17) is 0 Å². The Morgan fingerprint density at radius 3 is 1.89 bits per heavy atom. The van der Waals surface area contributed by atoms with Gasteiger partial charge in [0.25, 0.3) is 0 Å². The third-order valence-electron chi connectivity index (χ3n) is 1.34. The summed E-state index contributed by atoms with van der Waals surface area (Å²) in [6, 6.07) is 0. The van der Waals surface area contributed by atoms with Crippen LogP contribution in [-0.2, 0) is 4.79 Å². The second-order valence-corrected chi connectivity index (χ2v) is 2.65. The molecule has 52 valence electrons. The lowest BCUT2D eigenvalue weighted by atomic mass is 10.0. The lowest BCUT2D eigenvalue weighted by molar-refractivity contribution is -0.112. The van der Waals surface area contributed by atoms with Crippen molar-refractivity contribution in [1.29, 1.82) is 0 Å². The number of rotatable bonds is 2. The molecular formula is C8H14O. The third-order valence-corrected chi connectivity index (χ3v) is 1.34. The van der Waals surface area contributed by atoms with Gasteiger partial charge in [-0.2, -0.15) is 0 Å². The number of allylic oxidation sites excluding steroid dienone is 2. The molecule has 0 spiro atoms. The van der Waals surface area contributed by atoms with Gasteiger partial charge >= 0.3 is 0 Å². The molecule has 0 aliphatic heterocycles. The van der Waals surface area contributed by atoms with Crippen LogP contribution in [0.1, 0.15) is 27.7 Å². The molecule has 0 heterocycles. The van der Waals surface area contributed by atoms with Crippen molar-refractivity contribution in [3.8, 4) is 0 Å². The van der Waals surface area contributed by atoms with Gasteiger partial charge in [-0.1, -0.05) is 19.4 Å². The fourth-order valence-corrected chi connectivity index (χ4v) is 0.487. The van der Waals surface area contributed by atoms with Gasteiger partial charge in [-0.25, -0.2) is 0 Å².